The quantitative estimate of drug-likeness (QED) is 0.172. The van der Waals surface area contributed by atoms with E-state index in [0.717, 1.165) is 17.1 Å². The zero-order chi connectivity index (χ0) is 38.7. The van der Waals surface area contributed by atoms with Crippen LogP contribution in [0.1, 0.15) is 22.3 Å². The highest BCUT2D eigenvalue weighted by molar-refractivity contribution is 7.25. The maximum absolute atomic E-state index is 2.52. The number of fused-ring (bicyclic) bond motifs is 13. The molecule has 0 aliphatic heterocycles. The molecule has 274 valence electrons. The van der Waals surface area contributed by atoms with Gasteiger partial charge in [-0.1, -0.05) is 164 Å². The molecule has 0 saturated heterocycles. The van der Waals surface area contributed by atoms with Gasteiger partial charge < -0.3 is 4.90 Å². The molecule has 0 saturated carbocycles. The number of anilines is 3. The van der Waals surface area contributed by atoms with E-state index in [9.17, 15) is 0 Å². The summed E-state index contributed by atoms with van der Waals surface area (Å²) in [6, 6.07) is 79.6. The van der Waals surface area contributed by atoms with Gasteiger partial charge in [-0.3, -0.25) is 0 Å². The van der Waals surface area contributed by atoms with Crippen molar-refractivity contribution >= 4 is 70.1 Å². The summed E-state index contributed by atoms with van der Waals surface area (Å²) in [6.07, 6.45) is 0. The van der Waals surface area contributed by atoms with E-state index < -0.39 is 5.41 Å². The van der Waals surface area contributed by atoms with Gasteiger partial charge in [0.25, 0.3) is 0 Å². The molecule has 1 unspecified atom stereocenters. The zero-order valence-electron chi connectivity index (χ0n) is 32.1. The van der Waals surface area contributed by atoms with Crippen LogP contribution in [0.2, 0.25) is 0 Å². The highest BCUT2D eigenvalue weighted by Crippen LogP contribution is 2.64. The molecule has 1 atom stereocenters. The number of thiophene rings is 1. The van der Waals surface area contributed by atoms with E-state index in [1.165, 1.54) is 97.4 Å². The van der Waals surface area contributed by atoms with Gasteiger partial charge in [0.05, 0.1) is 5.41 Å². The number of benzene rings is 10. The van der Waals surface area contributed by atoms with Crippen molar-refractivity contribution < 1.29 is 0 Å². The minimum Gasteiger partial charge on any atom is -0.310 e. The zero-order valence-corrected chi connectivity index (χ0v) is 32.9. The molecular formula is C57H35NS. The molecule has 0 bridgehead atoms. The first-order valence-corrected chi connectivity index (χ1v) is 21.2. The number of rotatable bonds is 4. The second-order valence-electron chi connectivity index (χ2n) is 15.9. The molecule has 2 aliphatic carbocycles. The summed E-state index contributed by atoms with van der Waals surface area (Å²) in [5, 5.41) is 7.71. The summed E-state index contributed by atoms with van der Waals surface area (Å²) in [5.41, 5.74) is 15.9. The highest BCUT2D eigenvalue weighted by Gasteiger charge is 2.51. The molecule has 0 fully saturated rings. The van der Waals surface area contributed by atoms with Crippen molar-refractivity contribution in [1.29, 1.82) is 0 Å². The first kappa shape index (κ1) is 32.8. The van der Waals surface area contributed by atoms with Crippen molar-refractivity contribution in [2.45, 2.75) is 5.41 Å². The van der Waals surface area contributed by atoms with E-state index in [0.29, 0.717) is 0 Å². The predicted octanol–water partition coefficient (Wildman–Crippen LogP) is 15.8. The topological polar surface area (TPSA) is 3.24 Å². The normalized spacial score (nSPS) is 14.8. The standard InChI is InChI=1S/C57H35NS/c1-2-17-38(18-3-1)58(39-30-33-54-49(34-39)46-22-8-11-27-53(46)59-54)40-29-32-45-43-20-6-9-25-50(43)57(52(45)35-40)51-26-10-7-21-44(51)47-24-13-16-37-28-31-48(56(57)55(37)47)42-23-12-15-36-14-4-5-19-41(36)42/h1-35H. The van der Waals surface area contributed by atoms with E-state index in [1.54, 1.807) is 0 Å². The van der Waals surface area contributed by atoms with Crippen LogP contribution >= 0.6 is 11.3 Å². The van der Waals surface area contributed by atoms with Crippen LogP contribution in [0.4, 0.5) is 17.1 Å². The summed E-state index contributed by atoms with van der Waals surface area (Å²) in [5.74, 6) is 0. The van der Waals surface area contributed by atoms with Gasteiger partial charge in [0, 0.05) is 37.2 Å². The molecule has 10 aromatic carbocycles. The van der Waals surface area contributed by atoms with Crippen LogP contribution in [0.25, 0.3) is 75.1 Å². The fourth-order valence-electron chi connectivity index (χ4n) is 10.7. The fourth-order valence-corrected chi connectivity index (χ4v) is 11.8. The first-order chi connectivity index (χ1) is 29.3. The fraction of sp³-hybridized carbons (Fsp3) is 0.0175. The van der Waals surface area contributed by atoms with Crippen LogP contribution in [-0.2, 0) is 5.41 Å². The summed E-state index contributed by atoms with van der Waals surface area (Å²) in [7, 11) is 0. The first-order valence-electron chi connectivity index (χ1n) is 20.4. The Hall–Kier alpha value is -7.26. The molecule has 13 rings (SSSR count). The van der Waals surface area contributed by atoms with Crippen molar-refractivity contribution in [2.24, 2.45) is 0 Å². The lowest BCUT2D eigenvalue weighted by molar-refractivity contribution is 0.775. The Labute approximate surface area is 346 Å². The van der Waals surface area contributed by atoms with Crippen LogP contribution in [0.15, 0.2) is 212 Å². The van der Waals surface area contributed by atoms with E-state index in [-0.39, 0.29) is 0 Å². The molecule has 2 aliphatic rings. The van der Waals surface area contributed by atoms with Gasteiger partial charge in [-0.15, -0.1) is 11.3 Å². The number of para-hydroxylation sites is 1. The average molecular weight is 766 g/mol. The third-order valence-electron chi connectivity index (χ3n) is 13.0. The third kappa shape index (κ3) is 4.50. The summed E-state index contributed by atoms with van der Waals surface area (Å²) < 4.78 is 2.62. The molecule has 59 heavy (non-hydrogen) atoms. The number of nitrogens with zero attached hydrogens (tertiary/aromatic N) is 1. The Morgan fingerprint density at radius 2 is 0.898 bits per heavy atom. The molecule has 0 N–H and O–H groups in total. The molecule has 0 amide bonds. The molecule has 1 heterocycles. The summed E-state index contributed by atoms with van der Waals surface area (Å²) in [6.45, 7) is 0. The lowest BCUT2D eigenvalue weighted by Gasteiger charge is -2.42. The maximum atomic E-state index is 2.52. The van der Waals surface area contributed by atoms with E-state index >= 15 is 0 Å². The Bertz CT molecular complexity index is 3520. The summed E-state index contributed by atoms with van der Waals surface area (Å²) in [4.78, 5) is 2.46. The lowest BCUT2D eigenvalue weighted by atomic mass is 9.60. The van der Waals surface area contributed by atoms with Crippen LogP contribution in [0.3, 0.4) is 0 Å². The van der Waals surface area contributed by atoms with Crippen molar-refractivity contribution in [3.8, 4) is 33.4 Å². The minimum atomic E-state index is -0.603. The van der Waals surface area contributed by atoms with Gasteiger partial charge in [0.2, 0.25) is 0 Å². The largest absolute Gasteiger partial charge is 0.310 e. The van der Waals surface area contributed by atoms with Crippen LogP contribution in [0.5, 0.6) is 0 Å². The van der Waals surface area contributed by atoms with Crippen molar-refractivity contribution in [3.05, 3.63) is 235 Å². The Kier molecular flexibility index (Phi) is 6.87. The van der Waals surface area contributed by atoms with Gasteiger partial charge in [0.15, 0.2) is 0 Å². The average Bonchev–Trinajstić information content (AvgIpc) is 3.81. The third-order valence-corrected chi connectivity index (χ3v) is 14.2. The number of hydrogen-bond donors (Lipinski definition) is 0. The Morgan fingerprint density at radius 3 is 1.75 bits per heavy atom. The van der Waals surface area contributed by atoms with E-state index in [2.05, 4.69) is 217 Å². The van der Waals surface area contributed by atoms with Crippen LogP contribution in [-0.4, -0.2) is 0 Å². The van der Waals surface area contributed by atoms with Gasteiger partial charge in [0.1, 0.15) is 0 Å². The van der Waals surface area contributed by atoms with Crippen molar-refractivity contribution in [3.63, 3.8) is 0 Å². The molecule has 2 heteroatoms. The second kappa shape index (κ2) is 12.4. The van der Waals surface area contributed by atoms with Gasteiger partial charge >= 0.3 is 0 Å². The van der Waals surface area contributed by atoms with Crippen molar-refractivity contribution in [2.75, 3.05) is 4.90 Å². The Balaban J connectivity index is 1.16. The molecule has 11 aromatic rings. The highest BCUT2D eigenvalue weighted by atomic mass is 32.1. The van der Waals surface area contributed by atoms with Gasteiger partial charge in [-0.2, -0.15) is 0 Å². The summed E-state index contributed by atoms with van der Waals surface area (Å²) >= 11 is 1.86. The molecule has 1 nitrogen and oxygen atoms in total. The Morgan fingerprint density at radius 1 is 0.322 bits per heavy atom. The number of hydrogen-bond acceptors (Lipinski definition) is 2. The van der Waals surface area contributed by atoms with Gasteiger partial charge in [-0.25, -0.2) is 0 Å². The molecule has 1 spiro atoms. The molecule has 0 radical (unpaired) electrons. The monoisotopic (exact) mass is 765 g/mol. The van der Waals surface area contributed by atoms with Crippen LogP contribution in [0, 0.1) is 0 Å². The van der Waals surface area contributed by atoms with Gasteiger partial charge in [-0.05, 0) is 126 Å². The van der Waals surface area contributed by atoms with E-state index in [4.69, 9.17) is 0 Å². The smallest absolute Gasteiger partial charge is 0.0732 e. The van der Waals surface area contributed by atoms with Crippen molar-refractivity contribution in [1.82, 2.24) is 0 Å². The predicted molar refractivity (Wildman–Crippen MR) is 251 cm³/mol. The van der Waals surface area contributed by atoms with E-state index in [1.807, 2.05) is 11.3 Å². The lowest BCUT2D eigenvalue weighted by Crippen LogP contribution is -2.32. The minimum absolute atomic E-state index is 0.603. The molecular weight excluding hydrogens is 731 g/mol. The maximum Gasteiger partial charge on any atom is 0.0732 e. The second-order valence-corrected chi connectivity index (χ2v) is 17.0. The molecule has 1 aromatic heterocycles. The van der Waals surface area contributed by atoms with Crippen LogP contribution < -0.4 is 4.90 Å². The SMILES string of the molecule is c1ccc(N(c2ccc3c(c2)C2(c4ccccc4-3)c3ccccc3-c3cccc4ccc(-c5cccc6ccccc56)c2c34)c2ccc3sc4ccccc4c3c2)cc1.